The summed E-state index contributed by atoms with van der Waals surface area (Å²) in [6, 6.07) is 11.0. The number of carbonyl (C=O) groups is 1. The van der Waals surface area contributed by atoms with E-state index < -0.39 is 0 Å². The van der Waals surface area contributed by atoms with Gasteiger partial charge in [0.15, 0.2) is 6.61 Å². The van der Waals surface area contributed by atoms with Gasteiger partial charge in [0.1, 0.15) is 16.7 Å². The summed E-state index contributed by atoms with van der Waals surface area (Å²) in [7, 11) is 0. The number of pyridine rings is 1. The van der Waals surface area contributed by atoms with Crippen molar-refractivity contribution in [3.8, 4) is 11.5 Å². The fraction of sp³-hybridized carbons (Fsp3) is 0.429. The molecule has 2 fully saturated rings. The maximum atomic E-state index is 12.1. The highest BCUT2D eigenvalue weighted by molar-refractivity contribution is 6.30. The summed E-state index contributed by atoms with van der Waals surface area (Å²) < 4.78 is 11.2. The van der Waals surface area contributed by atoms with Crippen LogP contribution >= 0.6 is 23.2 Å². The topological polar surface area (TPSA) is 63.7 Å². The lowest BCUT2D eigenvalue weighted by Crippen LogP contribution is -2.37. The molecule has 2 aromatic rings. The Labute approximate surface area is 180 Å². The van der Waals surface area contributed by atoms with Crippen LogP contribution in [0.5, 0.6) is 11.5 Å². The number of rotatable bonds is 9. The van der Waals surface area contributed by atoms with Gasteiger partial charge < -0.3 is 19.7 Å². The standard InChI is InChI=1S/C21H23Cl2N3O3/c22-14-2-4-15(5-3-14)28-9-1-8-26-11-17-18(12-26)21(17)25-20(27)13-29-16-6-7-19(23)24-10-16/h2-7,10,17-18,21H,1,8-9,11-13H2,(H,25,27)/t17-,18+,21+. The molecule has 4 rings (SSSR count). The molecule has 29 heavy (non-hydrogen) atoms. The fourth-order valence-electron chi connectivity index (χ4n) is 3.84. The molecule has 3 atom stereocenters. The number of nitrogens with zero attached hydrogens (tertiary/aromatic N) is 2. The third kappa shape index (κ3) is 5.53. The molecule has 1 aromatic heterocycles. The van der Waals surface area contributed by atoms with Gasteiger partial charge in [-0.2, -0.15) is 0 Å². The van der Waals surface area contributed by atoms with Crippen LogP contribution in [0.2, 0.25) is 10.2 Å². The summed E-state index contributed by atoms with van der Waals surface area (Å²) in [5, 5.41) is 4.19. The average molecular weight is 436 g/mol. The van der Waals surface area contributed by atoms with Crippen LogP contribution in [-0.4, -0.2) is 54.7 Å². The molecule has 154 valence electrons. The minimum Gasteiger partial charge on any atom is -0.494 e. The predicted molar refractivity (Wildman–Crippen MR) is 112 cm³/mol. The number of hydrogen-bond acceptors (Lipinski definition) is 5. The molecule has 0 bridgehead atoms. The molecule has 1 N–H and O–H groups in total. The lowest BCUT2D eigenvalue weighted by Gasteiger charge is -2.20. The van der Waals surface area contributed by atoms with Crippen LogP contribution in [0.25, 0.3) is 0 Å². The number of benzene rings is 1. The van der Waals surface area contributed by atoms with Gasteiger partial charge in [0.05, 0.1) is 12.8 Å². The normalized spacial score (nSPS) is 22.8. The Morgan fingerprint density at radius 1 is 1.07 bits per heavy atom. The summed E-state index contributed by atoms with van der Waals surface area (Å²) in [5.74, 6) is 2.38. The van der Waals surface area contributed by atoms with Gasteiger partial charge in [-0.25, -0.2) is 4.98 Å². The van der Waals surface area contributed by atoms with Crippen molar-refractivity contribution in [1.29, 1.82) is 0 Å². The van der Waals surface area contributed by atoms with Gasteiger partial charge in [-0.15, -0.1) is 0 Å². The lowest BCUT2D eigenvalue weighted by atomic mass is 10.3. The van der Waals surface area contributed by atoms with Crippen LogP contribution in [-0.2, 0) is 4.79 Å². The minimum absolute atomic E-state index is 0.00893. The van der Waals surface area contributed by atoms with Crippen molar-refractivity contribution >= 4 is 29.1 Å². The van der Waals surface area contributed by atoms with Gasteiger partial charge in [0.25, 0.3) is 5.91 Å². The first-order valence-corrected chi connectivity index (χ1v) is 10.5. The maximum Gasteiger partial charge on any atom is 0.258 e. The van der Waals surface area contributed by atoms with E-state index in [1.807, 2.05) is 24.3 Å². The van der Waals surface area contributed by atoms with Crippen molar-refractivity contribution in [2.24, 2.45) is 11.8 Å². The number of ether oxygens (including phenoxy) is 2. The van der Waals surface area contributed by atoms with Crippen molar-refractivity contribution in [3.05, 3.63) is 52.8 Å². The van der Waals surface area contributed by atoms with Gasteiger partial charge in [-0.3, -0.25) is 4.79 Å². The fourth-order valence-corrected chi connectivity index (χ4v) is 4.08. The number of piperidine rings is 1. The minimum atomic E-state index is -0.0951. The summed E-state index contributed by atoms with van der Waals surface area (Å²) >= 11 is 11.6. The highest BCUT2D eigenvalue weighted by atomic mass is 35.5. The highest BCUT2D eigenvalue weighted by Crippen LogP contribution is 2.45. The third-order valence-corrected chi connectivity index (χ3v) is 5.84. The first-order valence-electron chi connectivity index (χ1n) is 9.73. The molecule has 1 saturated heterocycles. The Bertz CT molecular complexity index is 820. The Kier molecular flexibility index (Phi) is 6.43. The van der Waals surface area contributed by atoms with Crippen molar-refractivity contribution in [2.75, 3.05) is 32.8 Å². The number of aromatic nitrogens is 1. The quantitative estimate of drug-likeness (QED) is 0.483. The Morgan fingerprint density at radius 3 is 2.48 bits per heavy atom. The third-order valence-electron chi connectivity index (χ3n) is 5.37. The molecule has 1 saturated carbocycles. The molecule has 2 heterocycles. The van der Waals surface area contributed by atoms with Gasteiger partial charge >= 0.3 is 0 Å². The van der Waals surface area contributed by atoms with Crippen LogP contribution in [0, 0.1) is 11.8 Å². The van der Waals surface area contributed by atoms with Crippen LogP contribution in [0.4, 0.5) is 0 Å². The molecule has 1 aliphatic carbocycles. The predicted octanol–water partition coefficient (Wildman–Crippen LogP) is 3.28. The smallest absolute Gasteiger partial charge is 0.258 e. The molecule has 0 radical (unpaired) electrons. The van der Waals surface area contributed by atoms with Crippen molar-refractivity contribution in [3.63, 3.8) is 0 Å². The van der Waals surface area contributed by atoms with E-state index >= 15 is 0 Å². The van der Waals surface area contributed by atoms with Crippen molar-refractivity contribution < 1.29 is 14.3 Å². The Hall–Kier alpha value is -2.02. The van der Waals surface area contributed by atoms with E-state index in [4.69, 9.17) is 32.7 Å². The zero-order chi connectivity index (χ0) is 20.2. The van der Waals surface area contributed by atoms with Crippen LogP contribution in [0.1, 0.15) is 6.42 Å². The van der Waals surface area contributed by atoms with E-state index in [0.717, 1.165) is 31.8 Å². The second kappa shape index (κ2) is 9.20. The van der Waals surface area contributed by atoms with E-state index in [1.165, 1.54) is 6.20 Å². The number of nitrogens with one attached hydrogen (secondary N) is 1. The van der Waals surface area contributed by atoms with E-state index in [-0.39, 0.29) is 18.6 Å². The van der Waals surface area contributed by atoms with Gasteiger partial charge in [-0.1, -0.05) is 23.2 Å². The van der Waals surface area contributed by atoms with Crippen LogP contribution in [0.3, 0.4) is 0 Å². The number of carbonyl (C=O) groups excluding carboxylic acids is 1. The highest BCUT2D eigenvalue weighted by Gasteiger charge is 2.56. The SMILES string of the molecule is O=C(COc1ccc(Cl)nc1)N[C@H]1[C@@H]2CN(CCCOc3ccc(Cl)cc3)C[C@@H]21. The van der Waals surface area contributed by atoms with E-state index in [9.17, 15) is 4.79 Å². The zero-order valence-corrected chi connectivity index (χ0v) is 17.4. The molecule has 1 aliphatic heterocycles. The van der Waals surface area contributed by atoms with Crippen molar-refractivity contribution in [1.82, 2.24) is 15.2 Å². The first kappa shape index (κ1) is 20.3. The van der Waals surface area contributed by atoms with E-state index in [0.29, 0.717) is 34.4 Å². The number of halogens is 2. The summed E-state index contributed by atoms with van der Waals surface area (Å²) in [4.78, 5) is 18.5. The lowest BCUT2D eigenvalue weighted by molar-refractivity contribution is -0.123. The van der Waals surface area contributed by atoms with E-state index in [1.54, 1.807) is 12.1 Å². The molecule has 8 heteroatoms. The largest absolute Gasteiger partial charge is 0.494 e. The van der Waals surface area contributed by atoms with Gasteiger partial charge in [0, 0.05) is 30.7 Å². The zero-order valence-electron chi connectivity index (χ0n) is 15.9. The second-order valence-electron chi connectivity index (χ2n) is 7.44. The second-order valence-corrected chi connectivity index (χ2v) is 8.27. The maximum absolute atomic E-state index is 12.1. The molecule has 6 nitrogen and oxygen atoms in total. The molecule has 0 spiro atoms. The Balaban J connectivity index is 1.08. The molecule has 2 aliphatic rings. The van der Waals surface area contributed by atoms with Gasteiger partial charge in [0.2, 0.25) is 0 Å². The average Bonchev–Trinajstić information content (AvgIpc) is 3.15. The van der Waals surface area contributed by atoms with E-state index in [2.05, 4.69) is 15.2 Å². The molecular weight excluding hydrogens is 413 g/mol. The van der Waals surface area contributed by atoms with Gasteiger partial charge in [-0.05, 0) is 54.7 Å². The molecule has 1 amide bonds. The van der Waals surface area contributed by atoms with Crippen molar-refractivity contribution in [2.45, 2.75) is 12.5 Å². The number of fused-ring (bicyclic) bond motifs is 1. The molecule has 0 unspecified atom stereocenters. The first-order chi connectivity index (χ1) is 14.1. The van der Waals surface area contributed by atoms with Crippen LogP contribution < -0.4 is 14.8 Å². The number of hydrogen-bond donors (Lipinski definition) is 1. The number of likely N-dealkylation sites (tertiary alicyclic amines) is 1. The summed E-state index contributed by atoms with van der Waals surface area (Å²) in [6.45, 7) is 3.74. The summed E-state index contributed by atoms with van der Waals surface area (Å²) in [6.07, 6.45) is 2.48. The molecule has 1 aromatic carbocycles. The summed E-state index contributed by atoms with van der Waals surface area (Å²) in [5.41, 5.74) is 0. The number of amides is 1. The molecular formula is C21H23Cl2N3O3. The monoisotopic (exact) mass is 435 g/mol. The Morgan fingerprint density at radius 2 is 1.79 bits per heavy atom. The van der Waals surface area contributed by atoms with Crippen LogP contribution in [0.15, 0.2) is 42.6 Å².